The minimum Gasteiger partial charge on any atom is -0.490 e. The van der Waals surface area contributed by atoms with Crippen LogP contribution in [0.3, 0.4) is 0 Å². The van der Waals surface area contributed by atoms with Gasteiger partial charge in [0.1, 0.15) is 6.33 Å². The highest BCUT2D eigenvalue weighted by Gasteiger charge is 2.25. The van der Waals surface area contributed by atoms with E-state index in [1.54, 1.807) is 29.6 Å². The Morgan fingerprint density at radius 1 is 1.07 bits per heavy atom. The number of fused-ring (bicyclic) bond motifs is 1. The molecular weight excluding hydrogens is 346 g/mol. The fraction of sp³-hybridized carbons (Fsp3) is 0.450. The molecule has 144 valence electrons. The van der Waals surface area contributed by atoms with Crippen molar-refractivity contribution in [2.24, 2.45) is 0 Å². The molecule has 1 aromatic heterocycles. The zero-order valence-electron chi connectivity index (χ0n) is 16.0. The lowest BCUT2D eigenvalue weighted by atomic mass is 10.1. The molecule has 1 aromatic carbocycles. The van der Waals surface area contributed by atoms with Crippen molar-refractivity contribution < 1.29 is 19.0 Å². The zero-order valence-corrected chi connectivity index (χ0v) is 16.0. The second-order valence-corrected chi connectivity index (χ2v) is 6.07. The van der Waals surface area contributed by atoms with Gasteiger partial charge in [0, 0.05) is 36.8 Å². The summed E-state index contributed by atoms with van der Waals surface area (Å²) in [6, 6.07) is 3.46. The van der Waals surface area contributed by atoms with E-state index in [0.29, 0.717) is 55.7 Å². The summed E-state index contributed by atoms with van der Waals surface area (Å²) >= 11 is 0. The molecule has 0 spiro atoms. The molecule has 3 rings (SSSR count). The van der Waals surface area contributed by atoms with Crippen LogP contribution < -0.4 is 14.2 Å². The number of carbonyl (C=O) groups excluding carboxylic acids is 1. The van der Waals surface area contributed by atoms with Gasteiger partial charge >= 0.3 is 0 Å². The molecule has 7 nitrogen and oxygen atoms in total. The van der Waals surface area contributed by atoms with Gasteiger partial charge in [-0.15, -0.1) is 0 Å². The van der Waals surface area contributed by atoms with Crippen LogP contribution in [0, 0.1) is 0 Å². The number of aromatic nitrogens is 2. The summed E-state index contributed by atoms with van der Waals surface area (Å²) in [4.78, 5) is 23.3. The number of carbonyl (C=O) groups is 1. The van der Waals surface area contributed by atoms with Crippen LogP contribution in [0.4, 0.5) is 0 Å². The van der Waals surface area contributed by atoms with E-state index in [-0.39, 0.29) is 5.91 Å². The Bertz CT molecular complexity index is 783. The highest BCUT2D eigenvalue weighted by Crippen LogP contribution is 2.39. The van der Waals surface area contributed by atoms with E-state index >= 15 is 0 Å². The van der Waals surface area contributed by atoms with E-state index in [4.69, 9.17) is 14.2 Å². The maximum absolute atomic E-state index is 13.1. The zero-order chi connectivity index (χ0) is 19.2. The first-order chi connectivity index (χ1) is 13.2. The van der Waals surface area contributed by atoms with Crippen molar-refractivity contribution in [3.63, 3.8) is 0 Å². The fourth-order valence-electron chi connectivity index (χ4n) is 3.13. The van der Waals surface area contributed by atoms with Crippen molar-refractivity contribution in [2.75, 3.05) is 26.4 Å². The molecule has 0 bridgehead atoms. The van der Waals surface area contributed by atoms with Crippen molar-refractivity contribution >= 4 is 5.91 Å². The van der Waals surface area contributed by atoms with E-state index < -0.39 is 0 Å². The third-order valence-electron chi connectivity index (χ3n) is 4.30. The largest absolute Gasteiger partial charge is 0.490 e. The molecule has 0 atom stereocenters. The number of amides is 1. The summed E-state index contributed by atoms with van der Waals surface area (Å²) in [6.07, 6.45) is 4.04. The predicted octanol–water partition coefficient (Wildman–Crippen LogP) is 2.87. The standard InChI is InChI=1S/C20H25N3O4/c1-4-25-17-9-14(10-18(26-5-2)19(17)27-6-3)20(24)23-8-7-16-15(12-23)11-21-13-22-16/h9-11,13H,4-8,12H2,1-3H3. The second kappa shape index (κ2) is 8.70. The minimum absolute atomic E-state index is 0.0746. The lowest BCUT2D eigenvalue weighted by Gasteiger charge is -2.28. The Kier molecular flexibility index (Phi) is 6.11. The van der Waals surface area contributed by atoms with Gasteiger partial charge in [-0.1, -0.05) is 0 Å². The van der Waals surface area contributed by atoms with Crippen LogP contribution in [0.5, 0.6) is 17.2 Å². The van der Waals surface area contributed by atoms with Gasteiger partial charge in [0.05, 0.1) is 25.5 Å². The normalized spacial score (nSPS) is 13.1. The predicted molar refractivity (Wildman–Crippen MR) is 100 cm³/mol. The van der Waals surface area contributed by atoms with E-state index in [0.717, 1.165) is 17.7 Å². The van der Waals surface area contributed by atoms with E-state index in [1.165, 1.54) is 0 Å². The molecule has 2 aromatic rings. The summed E-state index contributed by atoms with van der Waals surface area (Å²) in [5.74, 6) is 1.51. The van der Waals surface area contributed by atoms with Gasteiger partial charge < -0.3 is 19.1 Å². The lowest BCUT2D eigenvalue weighted by Crippen LogP contribution is -2.36. The third-order valence-corrected chi connectivity index (χ3v) is 4.30. The molecule has 27 heavy (non-hydrogen) atoms. The van der Waals surface area contributed by atoms with Crippen molar-refractivity contribution in [3.8, 4) is 17.2 Å². The van der Waals surface area contributed by atoms with Crippen molar-refractivity contribution in [1.82, 2.24) is 14.9 Å². The molecule has 0 aliphatic carbocycles. The molecule has 0 saturated carbocycles. The molecule has 0 unspecified atom stereocenters. The molecule has 0 fully saturated rings. The molecule has 1 aliphatic heterocycles. The summed E-state index contributed by atoms with van der Waals surface area (Å²) in [6.45, 7) is 8.22. The van der Waals surface area contributed by atoms with E-state index in [1.807, 2.05) is 20.8 Å². The first kappa shape index (κ1) is 18.9. The fourth-order valence-corrected chi connectivity index (χ4v) is 3.13. The quantitative estimate of drug-likeness (QED) is 0.745. The Labute approximate surface area is 159 Å². The molecule has 1 amide bonds. The van der Waals surface area contributed by atoms with Gasteiger partial charge in [-0.25, -0.2) is 9.97 Å². The van der Waals surface area contributed by atoms with Crippen LogP contribution in [-0.2, 0) is 13.0 Å². The van der Waals surface area contributed by atoms with Crippen LogP contribution in [0.25, 0.3) is 0 Å². The van der Waals surface area contributed by atoms with Gasteiger partial charge in [-0.2, -0.15) is 0 Å². The molecule has 0 N–H and O–H groups in total. The maximum atomic E-state index is 13.1. The minimum atomic E-state index is -0.0746. The molecule has 2 heterocycles. The highest BCUT2D eigenvalue weighted by atomic mass is 16.5. The average Bonchev–Trinajstić information content (AvgIpc) is 2.69. The smallest absolute Gasteiger partial charge is 0.254 e. The molecule has 1 aliphatic rings. The Hall–Kier alpha value is -2.83. The maximum Gasteiger partial charge on any atom is 0.254 e. The van der Waals surface area contributed by atoms with Crippen LogP contribution in [0.2, 0.25) is 0 Å². The summed E-state index contributed by atoms with van der Waals surface area (Å²) in [5, 5.41) is 0. The number of benzene rings is 1. The topological polar surface area (TPSA) is 73.8 Å². The molecular formula is C20H25N3O4. The van der Waals surface area contributed by atoms with Gasteiger partial charge in [-0.05, 0) is 32.9 Å². The molecule has 7 heteroatoms. The average molecular weight is 371 g/mol. The van der Waals surface area contributed by atoms with Crippen molar-refractivity contribution in [2.45, 2.75) is 33.7 Å². The number of hydrogen-bond acceptors (Lipinski definition) is 6. The Morgan fingerprint density at radius 3 is 2.37 bits per heavy atom. The second-order valence-electron chi connectivity index (χ2n) is 6.07. The van der Waals surface area contributed by atoms with Gasteiger partial charge in [-0.3, -0.25) is 4.79 Å². The molecule has 0 saturated heterocycles. The van der Waals surface area contributed by atoms with Gasteiger partial charge in [0.15, 0.2) is 11.5 Å². The van der Waals surface area contributed by atoms with Crippen LogP contribution in [0.1, 0.15) is 42.4 Å². The van der Waals surface area contributed by atoms with Gasteiger partial charge in [0.25, 0.3) is 5.91 Å². The van der Waals surface area contributed by atoms with Crippen molar-refractivity contribution in [3.05, 3.63) is 41.5 Å². The molecule has 0 radical (unpaired) electrons. The number of rotatable bonds is 7. The van der Waals surface area contributed by atoms with E-state index in [2.05, 4.69) is 9.97 Å². The summed E-state index contributed by atoms with van der Waals surface area (Å²) in [7, 11) is 0. The first-order valence-electron chi connectivity index (χ1n) is 9.31. The summed E-state index contributed by atoms with van der Waals surface area (Å²) in [5.41, 5.74) is 2.51. The van der Waals surface area contributed by atoms with Crippen LogP contribution >= 0.6 is 0 Å². The Morgan fingerprint density at radius 2 is 1.74 bits per heavy atom. The number of ether oxygens (including phenoxy) is 3. The number of nitrogens with zero attached hydrogens (tertiary/aromatic N) is 3. The van der Waals surface area contributed by atoms with Gasteiger partial charge in [0.2, 0.25) is 5.75 Å². The highest BCUT2D eigenvalue weighted by molar-refractivity contribution is 5.95. The van der Waals surface area contributed by atoms with Crippen molar-refractivity contribution in [1.29, 1.82) is 0 Å². The Balaban J connectivity index is 1.92. The summed E-state index contributed by atoms with van der Waals surface area (Å²) < 4.78 is 17.1. The van der Waals surface area contributed by atoms with Crippen LogP contribution in [0.15, 0.2) is 24.7 Å². The monoisotopic (exact) mass is 371 g/mol. The lowest BCUT2D eigenvalue weighted by molar-refractivity contribution is 0.0732. The SMILES string of the molecule is CCOc1cc(C(=O)N2CCc3ncncc3C2)cc(OCC)c1OCC. The number of hydrogen-bond donors (Lipinski definition) is 0. The first-order valence-corrected chi connectivity index (χ1v) is 9.31. The van der Waals surface area contributed by atoms with Crippen LogP contribution in [-0.4, -0.2) is 47.1 Å². The van der Waals surface area contributed by atoms with E-state index in [9.17, 15) is 4.79 Å². The third kappa shape index (κ3) is 4.13.